The number of halogens is 2. The van der Waals surface area contributed by atoms with Crippen molar-refractivity contribution in [1.29, 1.82) is 0 Å². The Morgan fingerprint density at radius 3 is 2.46 bits per heavy atom. The summed E-state index contributed by atoms with van der Waals surface area (Å²) in [6.45, 7) is 5.86. The molecule has 2 aliphatic heterocycles. The highest BCUT2D eigenvalue weighted by Crippen LogP contribution is 2.46. The number of rotatable bonds is 5. The molecular weight excluding hydrogens is 597 g/mol. The first-order valence-electron chi connectivity index (χ1n) is 13.7. The summed E-state index contributed by atoms with van der Waals surface area (Å²) in [4.78, 5) is 57.1. The fourth-order valence-corrected chi connectivity index (χ4v) is 6.15. The van der Waals surface area contributed by atoms with Gasteiger partial charge in [-0.2, -0.15) is 0 Å². The van der Waals surface area contributed by atoms with Crippen molar-refractivity contribution < 1.29 is 33.0 Å². The van der Waals surface area contributed by atoms with Gasteiger partial charge in [0.05, 0.1) is 0 Å². The van der Waals surface area contributed by atoms with E-state index in [1.165, 1.54) is 12.1 Å². The molecule has 218 valence electrons. The summed E-state index contributed by atoms with van der Waals surface area (Å²) in [6, 6.07) is 11.1. The zero-order valence-corrected chi connectivity index (χ0v) is 24.9. The van der Waals surface area contributed by atoms with Crippen LogP contribution in [0, 0.1) is 5.82 Å². The number of aryl methyl sites for hydroxylation is 1. The van der Waals surface area contributed by atoms with Crippen molar-refractivity contribution in [2.75, 3.05) is 19.6 Å². The average Bonchev–Trinajstić information content (AvgIpc) is 3.39. The van der Waals surface area contributed by atoms with Crippen LogP contribution in [0.25, 0.3) is 0 Å². The number of piperidine rings is 1. The Morgan fingerprint density at radius 1 is 1.12 bits per heavy atom. The number of ether oxygens (including phenoxy) is 2. The summed E-state index contributed by atoms with van der Waals surface area (Å²) >= 11 is 3.44. The van der Waals surface area contributed by atoms with Crippen molar-refractivity contribution in [2.24, 2.45) is 0 Å². The van der Waals surface area contributed by atoms with E-state index in [1.54, 1.807) is 54.8 Å². The minimum absolute atomic E-state index is 0.162. The zero-order valence-electron chi connectivity index (χ0n) is 23.3. The van der Waals surface area contributed by atoms with Crippen molar-refractivity contribution in [3.05, 3.63) is 69.4 Å². The maximum Gasteiger partial charge on any atom is 0.418 e. The van der Waals surface area contributed by atoms with Gasteiger partial charge in [0, 0.05) is 42.1 Å². The highest BCUT2D eigenvalue weighted by Gasteiger charge is 2.58. The molecule has 0 N–H and O–H groups in total. The lowest BCUT2D eigenvalue weighted by atomic mass is 9.95. The van der Waals surface area contributed by atoms with Gasteiger partial charge in [0.25, 0.3) is 5.91 Å². The molecule has 11 heteroatoms. The summed E-state index contributed by atoms with van der Waals surface area (Å²) in [5, 5.41) is 0. The second-order valence-corrected chi connectivity index (χ2v) is 12.7. The van der Waals surface area contributed by atoms with Crippen LogP contribution in [0.15, 0.2) is 46.9 Å². The third-order valence-corrected chi connectivity index (χ3v) is 8.25. The number of hydrogen-bond acceptors (Lipinski definition) is 6. The quantitative estimate of drug-likeness (QED) is 0.455. The molecule has 9 nitrogen and oxygen atoms in total. The number of fused-ring (bicyclic) bond motifs is 2. The Labute approximate surface area is 246 Å². The zero-order chi connectivity index (χ0) is 29.5. The number of nitrogens with zero attached hydrogens (tertiary/aromatic N) is 3. The van der Waals surface area contributed by atoms with Gasteiger partial charge in [-0.25, -0.2) is 18.9 Å². The van der Waals surface area contributed by atoms with Crippen LogP contribution in [0.5, 0.6) is 0 Å². The summed E-state index contributed by atoms with van der Waals surface area (Å²) in [5.41, 5.74) is 0.225. The summed E-state index contributed by atoms with van der Waals surface area (Å²) in [7, 11) is 0. The molecule has 4 amide bonds. The number of carbonyl (C=O) groups is 4. The number of benzene rings is 2. The Bertz CT molecular complexity index is 1370. The molecule has 0 radical (unpaired) electrons. The molecule has 1 spiro atoms. The lowest BCUT2D eigenvalue weighted by Gasteiger charge is -2.39. The van der Waals surface area contributed by atoms with Crippen molar-refractivity contribution in [3.63, 3.8) is 0 Å². The third kappa shape index (κ3) is 5.95. The van der Waals surface area contributed by atoms with E-state index in [0.29, 0.717) is 49.9 Å². The highest BCUT2D eigenvalue weighted by molar-refractivity contribution is 9.10. The largest absolute Gasteiger partial charge is 0.444 e. The predicted molar refractivity (Wildman–Crippen MR) is 150 cm³/mol. The van der Waals surface area contributed by atoms with E-state index in [9.17, 15) is 23.6 Å². The first kappa shape index (κ1) is 29.0. The summed E-state index contributed by atoms with van der Waals surface area (Å²) in [5.74, 6) is -1.36. The van der Waals surface area contributed by atoms with Crippen LogP contribution >= 0.6 is 15.9 Å². The molecule has 5 rings (SSSR count). The molecule has 41 heavy (non-hydrogen) atoms. The van der Waals surface area contributed by atoms with E-state index >= 15 is 0 Å². The fraction of sp³-hybridized carbons (Fsp3) is 0.467. The number of hydrogen-bond donors (Lipinski definition) is 0. The van der Waals surface area contributed by atoms with Gasteiger partial charge in [-0.15, -0.1) is 0 Å². The van der Waals surface area contributed by atoms with E-state index in [2.05, 4.69) is 15.9 Å². The molecule has 0 bridgehead atoms. The van der Waals surface area contributed by atoms with Crippen LogP contribution in [0.1, 0.15) is 56.7 Å². The molecule has 0 saturated carbocycles. The highest BCUT2D eigenvalue weighted by atomic mass is 79.9. The minimum atomic E-state index is -1.42. The van der Waals surface area contributed by atoms with Crippen LogP contribution in [0.4, 0.5) is 14.0 Å². The standard InChI is InChI=1S/C30H33BrFN3O6/c1-29(2,3)40-27(38)33-14-11-23(12-15-33)34(17-19-4-7-22(32)8-5-19)25(36)18-35-26(37)30(41-28(35)39)13-10-20-16-21(31)6-9-24(20)30/h4-9,16,23H,10-15,17-18H2,1-3H3/t30-/m1/s1. The Kier molecular flexibility index (Phi) is 7.84. The van der Waals surface area contributed by atoms with Gasteiger partial charge in [-0.1, -0.05) is 34.1 Å². The van der Waals surface area contributed by atoms with E-state index in [1.807, 2.05) is 6.07 Å². The maximum atomic E-state index is 13.8. The van der Waals surface area contributed by atoms with Crippen LogP contribution in [0.3, 0.4) is 0 Å². The molecule has 2 fully saturated rings. The summed E-state index contributed by atoms with van der Waals surface area (Å²) in [6.07, 6.45) is 0.597. The van der Waals surface area contributed by atoms with Gasteiger partial charge in [-0.05, 0) is 75.4 Å². The number of amides is 4. The molecule has 2 aromatic carbocycles. The molecule has 1 atom stereocenters. The monoisotopic (exact) mass is 629 g/mol. The second kappa shape index (κ2) is 11.1. The molecule has 2 heterocycles. The van der Waals surface area contributed by atoms with Gasteiger partial charge in [0.15, 0.2) is 0 Å². The number of carbonyl (C=O) groups excluding carboxylic acids is 4. The average molecular weight is 631 g/mol. The topological polar surface area (TPSA) is 96.5 Å². The third-order valence-electron chi connectivity index (χ3n) is 7.76. The van der Waals surface area contributed by atoms with Crippen molar-refractivity contribution in [1.82, 2.24) is 14.7 Å². The Morgan fingerprint density at radius 2 is 1.80 bits per heavy atom. The predicted octanol–water partition coefficient (Wildman–Crippen LogP) is 5.14. The Balaban J connectivity index is 1.33. The Hall–Kier alpha value is -3.47. The van der Waals surface area contributed by atoms with Crippen molar-refractivity contribution in [2.45, 2.75) is 70.2 Å². The van der Waals surface area contributed by atoms with Gasteiger partial charge >= 0.3 is 12.2 Å². The molecule has 2 aromatic rings. The maximum absolute atomic E-state index is 13.8. The number of imide groups is 1. The lowest BCUT2D eigenvalue weighted by molar-refractivity contribution is -0.143. The molecular formula is C30H33BrFN3O6. The molecule has 0 unspecified atom stereocenters. The molecule has 3 aliphatic rings. The van der Waals surface area contributed by atoms with E-state index in [4.69, 9.17) is 9.47 Å². The normalized spacial score (nSPS) is 20.8. The molecule has 1 aliphatic carbocycles. The lowest BCUT2D eigenvalue weighted by Crippen LogP contribution is -2.52. The van der Waals surface area contributed by atoms with Gasteiger partial charge in [0.2, 0.25) is 11.5 Å². The van der Waals surface area contributed by atoms with Crippen LogP contribution < -0.4 is 0 Å². The minimum Gasteiger partial charge on any atom is -0.444 e. The van der Waals surface area contributed by atoms with Crippen LogP contribution in [0.2, 0.25) is 0 Å². The first-order valence-corrected chi connectivity index (χ1v) is 14.5. The fourth-order valence-electron chi connectivity index (χ4n) is 5.74. The van der Waals surface area contributed by atoms with E-state index in [-0.39, 0.29) is 12.6 Å². The summed E-state index contributed by atoms with van der Waals surface area (Å²) < 4.78 is 25.6. The van der Waals surface area contributed by atoms with Crippen LogP contribution in [-0.4, -0.2) is 70.0 Å². The van der Waals surface area contributed by atoms with Crippen molar-refractivity contribution in [3.8, 4) is 0 Å². The van der Waals surface area contributed by atoms with Gasteiger partial charge in [-0.3, -0.25) is 9.59 Å². The molecule has 2 saturated heterocycles. The van der Waals surface area contributed by atoms with Crippen molar-refractivity contribution >= 4 is 39.9 Å². The molecule has 0 aromatic heterocycles. The smallest absolute Gasteiger partial charge is 0.418 e. The SMILES string of the molecule is CC(C)(C)OC(=O)N1CCC(N(Cc2ccc(F)cc2)C(=O)CN2C(=O)O[C@@]3(CCc4cc(Br)ccc43)C2=O)CC1. The van der Waals surface area contributed by atoms with E-state index in [0.717, 1.165) is 14.9 Å². The first-order chi connectivity index (χ1) is 19.4. The number of likely N-dealkylation sites (tertiary alicyclic amines) is 1. The van der Waals surface area contributed by atoms with Crippen LogP contribution in [-0.2, 0) is 37.6 Å². The van der Waals surface area contributed by atoms with Gasteiger partial charge < -0.3 is 19.3 Å². The van der Waals surface area contributed by atoms with E-state index < -0.39 is 47.6 Å². The second-order valence-electron chi connectivity index (χ2n) is 11.7. The van der Waals surface area contributed by atoms with Gasteiger partial charge in [0.1, 0.15) is 18.0 Å².